The zero-order valence-corrected chi connectivity index (χ0v) is 13.3. The van der Waals surface area contributed by atoms with Gasteiger partial charge in [-0.2, -0.15) is 0 Å². The lowest BCUT2D eigenvalue weighted by Crippen LogP contribution is -2.21. The second kappa shape index (κ2) is 5.97. The molecule has 0 fully saturated rings. The summed E-state index contributed by atoms with van der Waals surface area (Å²) >= 11 is 5.46. The zero-order valence-electron chi connectivity index (χ0n) is 12.5. The minimum atomic E-state index is 0.117. The number of aromatic nitrogens is 2. The van der Waals surface area contributed by atoms with Crippen molar-refractivity contribution in [3.63, 3.8) is 0 Å². The lowest BCUT2D eigenvalue weighted by atomic mass is 9.89. The highest BCUT2D eigenvalue weighted by Gasteiger charge is 2.20. The van der Waals surface area contributed by atoms with E-state index in [1.807, 2.05) is 12.1 Å². The molecule has 2 rings (SSSR count). The molecule has 1 N–H and O–H groups in total. The fourth-order valence-electron chi connectivity index (χ4n) is 2.37. The molecule has 0 saturated carbocycles. The van der Waals surface area contributed by atoms with Crippen molar-refractivity contribution >= 4 is 23.3 Å². The molecular formula is C15H22N2O2S. The molecule has 0 amide bonds. The van der Waals surface area contributed by atoms with Crippen molar-refractivity contribution in [2.24, 2.45) is 5.41 Å². The quantitative estimate of drug-likeness (QED) is 0.824. The summed E-state index contributed by atoms with van der Waals surface area (Å²) in [7, 11) is 3.41. The summed E-state index contributed by atoms with van der Waals surface area (Å²) in [5, 5.41) is 0. The Morgan fingerprint density at radius 3 is 2.70 bits per heavy atom. The second-order valence-electron chi connectivity index (χ2n) is 5.78. The summed E-state index contributed by atoms with van der Waals surface area (Å²) in [4.78, 5) is 3.25. The van der Waals surface area contributed by atoms with E-state index >= 15 is 0 Å². The van der Waals surface area contributed by atoms with Gasteiger partial charge < -0.3 is 19.0 Å². The summed E-state index contributed by atoms with van der Waals surface area (Å²) < 4.78 is 13.4. The van der Waals surface area contributed by atoms with Gasteiger partial charge in [0.15, 0.2) is 4.77 Å². The van der Waals surface area contributed by atoms with E-state index in [2.05, 4.69) is 29.5 Å². The maximum atomic E-state index is 5.46. The molecule has 0 aliphatic heterocycles. The average Bonchev–Trinajstić information content (AvgIpc) is 2.72. The summed E-state index contributed by atoms with van der Waals surface area (Å²) in [5.41, 5.74) is 2.16. The van der Waals surface area contributed by atoms with Crippen LogP contribution in [-0.4, -0.2) is 30.4 Å². The van der Waals surface area contributed by atoms with Gasteiger partial charge in [0.05, 0.1) is 12.6 Å². The lowest BCUT2D eigenvalue weighted by molar-refractivity contribution is 0.143. The molecule has 0 spiro atoms. The number of hydrogen-bond acceptors (Lipinski definition) is 3. The van der Waals surface area contributed by atoms with E-state index in [9.17, 15) is 0 Å². The average molecular weight is 294 g/mol. The van der Waals surface area contributed by atoms with Crippen molar-refractivity contribution < 1.29 is 9.47 Å². The smallest absolute Gasteiger partial charge is 0.178 e. The molecule has 20 heavy (non-hydrogen) atoms. The molecule has 1 aromatic heterocycles. The Morgan fingerprint density at radius 1 is 1.30 bits per heavy atom. The number of nitrogens with one attached hydrogen (secondary N) is 1. The molecule has 5 heteroatoms. The van der Waals surface area contributed by atoms with Gasteiger partial charge in [0.25, 0.3) is 0 Å². The van der Waals surface area contributed by atoms with Gasteiger partial charge in [0, 0.05) is 20.3 Å². The highest BCUT2D eigenvalue weighted by molar-refractivity contribution is 7.71. The van der Waals surface area contributed by atoms with Gasteiger partial charge in [-0.05, 0) is 36.2 Å². The number of rotatable bonds is 6. The van der Waals surface area contributed by atoms with Crippen LogP contribution in [0.15, 0.2) is 18.2 Å². The molecule has 0 bridgehead atoms. The number of benzene rings is 1. The SMILES string of the molecule is COCCC(C)(C)Cn1c(=S)[nH]c2c(OC)cccc21. The highest BCUT2D eigenvalue weighted by Crippen LogP contribution is 2.29. The standard InChI is InChI=1S/C15H22N2O2S/c1-15(2,8-9-18-3)10-17-11-6-5-7-12(19-4)13(11)16-14(17)20/h5-7H,8-10H2,1-4H3,(H,16,20). The van der Waals surface area contributed by atoms with E-state index in [1.165, 1.54) is 0 Å². The van der Waals surface area contributed by atoms with Crippen molar-refractivity contribution in [1.29, 1.82) is 0 Å². The topological polar surface area (TPSA) is 39.2 Å². The predicted octanol–water partition coefficient (Wildman–Crippen LogP) is 3.77. The van der Waals surface area contributed by atoms with Gasteiger partial charge in [-0.15, -0.1) is 0 Å². The van der Waals surface area contributed by atoms with Gasteiger partial charge in [-0.1, -0.05) is 19.9 Å². The Hall–Kier alpha value is -1.33. The summed E-state index contributed by atoms with van der Waals surface area (Å²) in [6, 6.07) is 5.99. The van der Waals surface area contributed by atoms with Gasteiger partial charge >= 0.3 is 0 Å². The van der Waals surface area contributed by atoms with Crippen LogP contribution in [0.25, 0.3) is 11.0 Å². The van der Waals surface area contributed by atoms with Crippen LogP contribution in [0.2, 0.25) is 0 Å². The monoisotopic (exact) mass is 294 g/mol. The number of methoxy groups -OCH3 is 2. The Kier molecular flexibility index (Phi) is 4.50. The third-order valence-electron chi connectivity index (χ3n) is 3.56. The molecule has 0 aliphatic carbocycles. The van der Waals surface area contributed by atoms with Crippen LogP contribution in [0.1, 0.15) is 20.3 Å². The van der Waals surface area contributed by atoms with Crippen LogP contribution in [-0.2, 0) is 11.3 Å². The van der Waals surface area contributed by atoms with Crippen LogP contribution >= 0.6 is 12.2 Å². The third kappa shape index (κ3) is 3.04. The molecule has 0 radical (unpaired) electrons. The number of para-hydroxylation sites is 1. The van der Waals surface area contributed by atoms with E-state index in [-0.39, 0.29) is 5.41 Å². The Balaban J connectivity index is 2.40. The molecule has 0 aliphatic rings. The minimum Gasteiger partial charge on any atom is -0.494 e. The number of fused-ring (bicyclic) bond motifs is 1. The van der Waals surface area contributed by atoms with Gasteiger partial charge in [-0.3, -0.25) is 0 Å². The lowest BCUT2D eigenvalue weighted by Gasteiger charge is -2.25. The van der Waals surface area contributed by atoms with Crippen LogP contribution < -0.4 is 4.74 Å². The summed E-state index contributed by atoms with van der Waals surface area (Å²) in [6.45, 7) is 6.06. The number of hydrogen-bond donors (Lipinski definition) is 1. The van der Waals surface area contributed by atoms with Gasteiger partial charge in [-0.25, -0.2) is 0 Å². The van der Waals surface area contributed by atoms with Crippen molar-refractivity contribution in [3.05, 3.63) is 23.0 Å². The first kappa shape index (κ1) is 15.1. The largest absolute Gasteiger partial charge is 0.494 e. The fourth-order valence-corrected chi connectivity index (χ4v) is 2.63. The molecule has 0 saturated heterocycles. The Morgan fingerprint density at radius 2 is 2.05 bits per heavy atom. The van der Waals surface area contributed by atoms with Gasteiger partial charge in [0.1, 0.15) is 11.3 Å². The first-order valence-corrected chi connectivity index (χ1v) is 7.14. The van der Waals surface area contributed by atoms with E-state index in [0.29, 0.717) is 0 Å². The number of aromatic amines is 1. The van der Waals surface area contributed by atoms with Crippen molar-refractivity contribution in [1.82, 2.24) is 9.55 Å². The zero-order chi connectivity index (χ0) is 14.8. The Labute approximate surface area is 124 Å². The molecule has 110 valence electrons. The van der Waals surface area contributed by atoms with Crippen LogP contribution in [0.4, 0.5) is 0 Å². The van der Waals surface area contributed by atoms with Crippen molar-refractivity contribution in [3.8, 4) is 5.75 Å². The minimum absolute atomic E-state index is 0.117. The first-order valence-electron chi connectivity index (χ1n) is 6.73. The number of nitrogens with zero attached hydrogens (tertiary/aromatic N) is 1. The first-order chi connectivity index (χ1) is 9.48. The molecule has 0 atom stereocenters. The van der Waals surface area contributed by atoms with E-state index in [0.717, 1.165) is 41.1 Å². The molecule has 0 unspecified atom stereocenters. The maximum Gasteiger partial charge on any atom is 0.178 e. The van der Waals surface area contributed by atoms with Gasteiger partial charge in [0.2, 0.25) is 0 Å². The molecule has 1 aromatic carbocycles. The summed E-state index contributed by atoms with van der Waals surface area (Å²) in [6.07, 6.45) is 0.988. The van der Waals surface area contributed by atoms with Crippen LogP contribution in [0.5, 0.6) is 5.75 Å². The second-order valence-corrected chi connectivity index (χ2v) is 6.16. The van der Waals surface area contributed by atoms with Crippen LogP contribution in [0.3, 0.4) is 0 Å². The highest BCUT2D eigenvalue weighted by atomic mass is 32.1. The van der Waals surface area contributed by atoms with E-state index in [4.69, 9.17) is 21.7 Å². The molecule has 1 heterocycles. The maximum absolute atomic E-state index is 5.46. The van der Waals surface area contributed by atoms with E-state index in [1.54, 1.807) is 14.2 Å². The van der Waals surface area contributed by atoms with E-state index < -0.39 is 0 Å². The predicted molar refractivity (Wildman–Crippen MR) is 83.9 cm³/mol. The number of imidazole rings is 1. The third-order valence-corrected chi connectivity index (χ3v) is 3.88. The van der Waals surface area contributed by atoms with Crippen molar-refractivity contribution in [2.45, 2.75) is 26.8 Å². The normalized spacial score (nSPS) is 12.0. The van der Waals surface area contributed by atoms with Crippen LogP contribution in [0, 0.1) is 10.2 Å². The number of H-pyrrole nitrogens is 1. The van der Waals surface area contributed by atoms with Crippen molar-refractivity contribution in [2.75, 3.05) is 20.8 Å². The number of ether oxygens (including phenoxy) is 2. The molecule has 4 nitrogen and oxygen atoms in total. The summed E-state index contributed by atoms with van der Waals surface area (Å²) in [5.74, 6) is 0.821. The fraction of sp³-hybridized carbons (Fsp3) is 0.533. The molecule has 2 aromatic rings. The Bertz CT molecular complexity index is 643. The molecular weight excluding hydrogens is 272 g/mol.